The van der Waals surface area contributed by atoms with Crippen LogP contribution in [-0.2, 0) is 9.47 Å². The van der Waals surface area contributed by atoms with Gasteiger partial charge < -0.3 is 23.5 Å². The highest BCUT2D eigenvalue weighted by Crippen LogP contribution is 2.34. The first-order chi connectivity index (χ1) is 15.4. The van der Waals surface area contributed by atoms with Crippen LogP contribution < -0.4 is 4.74 Å². The van der Waals surface area contributed by atoms with Crippen molar-refractivity contribution in [2.75, 3.05) is 33.4 Å². The Morgan fingerprint density at radius 3 is 2.44 bits per heavy atom. The van der Waals surface area contributed by atoms with E-state index >= 15 is 0 Å². The number of rotatable bonds is 6. The normalized spacial score (nSPS) is 14.1. The van der Waals surface area contributed by atoms with E-state index in [9.17, 15) is 4.79 Å². The van der Waals surface area contributed by atoms with Gasteiger partial charge in [-0.1, -0.05) is 18.7 Å². The molecule has 6 heteroatoms. The van der Waals surface area contributed by atoms with Crippen molar-refractivity contribution in [3.05, 3.63) is 66.0 Å². The zero-order valence-corrected chi connectivity index (χ0v) is 19.2. The molecule has 0 saturated carbocycles. The first kappa shape index (κ1) is 22.0. The van der Waals surface area contributed by atoms with Crippen molar-refractivity contribution in [3.63, 3.8) is 0 Å². The predicted octanol–water partition coefficient (Wildman–Crippen LogP) is 4.79. The summed E-state index contributed by atoms with van der Waals surface area (Å²) in [6, 6.07) is 11.9. The summed E-state index contributed by atoms with van der Waals surface area (Å²) in [5.41, 5.74) is 6.22. The number of esters is 1. The summed E-state index contributed by atoms with van der Waals surface area (Å²) in [7, 11) is 1.65. The van der Waals surface area contributed by atoms with Gasteiger partial charge in [-0.25, -0.2) is 4.79 Å². The van der Waals surface area contributed by atoms with E-state index in [1.165, 1.54) is 0 Å². The number of hydrogen-bond acceptors (Lipinski definition) is 5. The molecule has 3 heterocycles. The van der Waals surface area contributed by atoms with Crippen LogP contribution in [0.15, 0.2) is 49.2 Å². The molecule has 0 amide bonds. The average Bonchev–Trinajstić information content (AvgIpc) is 3.21. The minimum Gasteiger partial charge on any atom is -0.497 e. The third-order valence-corrected chi connectivity index (χ3v) is 5.84. The summed E-state index contributed by atoms with van der Waals surface area (Å²) >= 11 is 0. The maximum Gasteiger partial charge on any atom is 0.338 e. The largest absolute Gasteiger partial charge is 0.497 e. The van der Waals surface area contributed by atoms with Crippen LogP contribution in [0.25, 0.3) is 22.3 Å². The molecular formula is C26H30N2O4. The van der Waals surface area contributed by atoms with Gasteiger partial charge in [-0.3, -0.25) is 0 Å². The summed E-state index contributed by atoms with van der Waals surface area (Å²) < 4.78 is 18.5. The summed E-state index contributed by atoms with van der Waals surface area (Å²) in [6.07, 6.45) is 1.84. The standard InChI is InChI=1S/C26H30N2O4/c1-17(2)32-26(29)23-16-24-22(20-6-8-21(30-5)9-7-20)10-11-28(24)25(18(23)3)19(4)27-12-14-31-15-13-27/h6-11,16-17H,4,12-15H2,1-3,5H3. The number of hydrogen-bond donors (Lipinski definition) is 0. The number of methoxy groups -OCH3 is 1. The fourth-order valence-corrected chi connectivity index (χ4v) is 4.18. The Hall–Kier alpha value is -3.25. The Bertz CT molecular complexity index is 1140. The highest BCUT2D eigenvalue weighted by atomic mass is 16.5. The quantitative estimate of drug-likeness (QED) is 0.522. The molecular weight excluding hydrogens is 404 g/mol. The lowest BCUT2D eigenvalue weighted by atomic mass is 10.0. The molecule has 1 aliphatic rings. The third kappa shape index (κ3) is 4.10. The number of pyridine rings is 1. The van der Waals surface area contributed by atoms with Gasteiger partial charge in [0.2, 0.25) is 0 Å². The van der Waals surface area contributed by atoms with Gasteiger partial charge in [0.1, 0.15) is 5.75 Å². The molecule has 168 valence electrons. The van der Waals surface area contributed by atoms with Crippen molar-refractivity contribution in [2.24, 2.45) is 0 Å². The van der Waals surface area contributed by atoms with Gasteiger partial charge in [0.25, 0.3) is 0 Å². The minimum absolute atomic E-state index is 0.197. The van der Waals surface area contributed by atoms with Crippen molar-refractivity contribution in [3.8, 4) is 16.9 Å². The van der Waals surface area contributed by atoms with Gasteiger partial charge in [0, 0.05) is 24.8 Å². The van der Waals surface area contributed by atoms with Gasteiger partial charge in [-0.15, -0.1) is 0 Å². The minimum atomic E-state index is -0.321. The molecule has 1 fully saturated rings. The molecule has 1 saturated heterocycles. The first-order valence-electron chi connectivity index (χ1n) is 10.9. The van der Waals surface area contributed by atoms with E-state index in [1.807, 2.05) is 57.3 Å². The summed E-state index contributed by atoms with van der Waals surface area (Å²) in [4.78, 5) is 15.2. The van der Waals surface area contributed by atoms with Gasteiger partial charge >= 0.3 is 5.97 Å². The van der Waals surface area contributed by atoms with Gasteiger partial charge in [0.15, 0.2) is 0 Å². The van der Waals surface area contributed by atoms with Crippen molar-refractivity contribution in [2.45, 2.75) is 26.9 Å². The van der Waals surface area contributed by atoms with Crippen LogP contribution >= 0.6 is 0 Å². The van der Waals surface area contributed by atoms with E-state index < -0.39 is 0 Å². The molecule has 0 N–H and O–H groups in total. The van der Waals surface area contributed by atoms with E-state index in [0.717, 1.165) is 52.4 Å². The third-order valence-electron chi connectivity index (χ3n) is 5.84. The number of fused-ring (bicyclic) bond motifs is 1. The van der Waals surface area contributed by atoms with E-state index in [0.29, 0.717) is 18.8 Å². The summed E-state index contributed by atoms with van der Waals surface area (Å²) in [5.74, 6) is 0.480. The number of aromatic nitrogens is 1. The molecule has 2 aromatic heterocycles. The van der Waals surface area contributed by atoms with Crippen LogP contribution in [-0.4, -0.2) is 54.8 Å². The Morgan fingerprint density at radius 1 is 1.12 bits per heavy atom. The Balaban J connectivity index is 1.89. The highest BCUT2D eigenvalue weighted by molar-refractivity contribution is 5.96. The van der Waals surface area contributed by atoms with E-state index in [2.05, 4.69) is 21.9 Å². The zero-order valence-electron chi connectivity index (χ0n) is 19.2. The number of benzene rings is 1. The van der Waals surface area contributed by atoms with Gasteiger partial charge in [-0.05, 0) is 56.2 Å². The van der Waals surface area contributed by atoms with Crippen LogP contribution in [0.3, 0.4) is 0 Å². The van der Waals surface area contributed by atoms with Crippen molar-refractivity contribution >= 4 is 17.2 Å². The Morgan fingerprint density at radius 2 is 1.81 bits per heavy atom. The molecule has 0 bridgehead atoms. The number of ether oxygens (including phenoxy) is 3. The van der Waals surface area contributed by atoms with Gasteiger partial charge in [0.05, 0.1) is 48.9 Å². The fraction of sp³-hybridized carbons (Fsp3) is 0.346. The number of carbonyl (C=O) groups excluding carboxylic acids is 1. The molecule has 1 aromatic carbocycles. The van der Waals surface area contributed by atoms with Crippen molar-refractivity contribution in [1.29, 1.82) is 0 Å². The van der Waals surface area contributed by atoms with Crippen molar-refractivity contribution in [1.82, 2.24) is 9.30 Å². The summed E-state index contributed by atoms with van der Waals surface area (Å²) in [5, 5.41) is 0. The lowest BCUT2D eigenvalue weighted by Crippen LogP contribution is -2.35. The van der Waals surface area contributed by atoms with E-state index in [-0.39, 0.29) is 12.1 Å². The molecule has 6 nitrogen and oxygen atoms in total. The van der Waals surface area contributed by atoms with Gasteiger partial charge in [-0.2, -0.15) is 0 Å². The first-order valence-corrected chi connectivity index (χ1v) is 10.9. The number of nitrogens with zero attached hydrogens (tertiary/aromatic N) is 2. The lowest BCUT2D eigenvalue weighted by Gasteiger charge is -2.32. The molecule has 4 rings (SSSR count). The van der Waals surface area contributed by atoms with E-state index in [1.54, 1.807) is 7.11 Å². The molecule has 0 spiro atoms. The summed E-state index contributed by atoms with van der Waals surface area (Å²) in [6.45, 7) is 13.0. The molecule has 0 unspecified atom stereocenters. The van der Waals surface area contributed by atoms with Crippen molar-refractivity contribution < 1.29 is 19.0 Å². The molecule has 3 aromatic rings. The Labute approximate surface area is 189 Å². The van der Waals surface area contributed by atoms with Crippen LogP contribution in [0.1, 0.15) is 35.5 Å². The van der Waals surface area contributed by atoms with Crippen LogP contribution in [0.4, 0.5) is 0 Å². The molecule has 32 heavy (non-hydrogen) atoms. The average molecular weight is 435 g/mol. The fourth-order valence-electron chi connectivity index (χ4n) is 4.18. The topological polar surface area (TPSA) is 52.4 Å². The van der Waals surface area contributed by atoms with Crippen LogP contribution in [0.2, 0.25) is 0 Å². The highest BCUT2D eigenvalue weighted by Gasteiger charge is 2.24. The van der Waals surface area contributed by atoms with E-state index in [4.69, 9.17) is 14.2 Å². The number of morpholine rings is 1. The second kappa shape index (κ2) is 9.09. The second-order valence-corrected chi connectivity index (χ2v) is 8.24. The van der Waals surface area contributed by atoms with Crippen LogP contribution in [0, 0.1) is 6.92 Å². The SMILES string of the molecule is C=C(c1c(C)c(C(=O)OC(C)C)cc2c(-c3ccc(OC)cc3)ccn12)N1CCOCC1. The molecule has 0 atom stereocenters. The molecule has 0 aliphatic carbocycles. The lowest BCUT2D eigenvalue weighted by molar-refractivity contribution is 0.0377. The molecule has 1 aliphatic heterocycles. The maximum absolute atomic E-state index is 13.0. The Kier molecular flexibility index (Phi) is 6.24. The predicted molar refractivity (Wildman–Crippen MR) is 126 cm³/mol. The zero-order chi connectivity index (χ0) is 22.8. The monoisotopic (exact) mass is 434 g/mol. The van der Waals surface area contributed by atoms with Crippen LogP contribution in [0.5, 0.6) is 5.75 Å². The number of carbonyl (C=O) groups is 1. The second-order valence-electron chi connectivity index (χ2n) is 8.24. The maximum atomic E-state index is 13.0. The molecule has 0 radical (unpaired) electrons. The smallest absolute Gasteiger partial charge is 0.338 e.